The van der Waals surface area contributed by atoms with Gasteiger partial charge in [0.1, 0.15) is 0 Å². The summed E-state index contributed by atoms with van der Waals surface area (Å²) in [4.78, 5) is 33.8. The van der Waals surface area contributed by atoms with Gasteiger partial charge in [0.2, 0.25) is 0 Å². The molecule has 3 heterocycles. The third-order valence-electron chi connectivity index (χ3n) is 19.2. The van der Waals surface area contributed by atoms with Crippen molar-refractivity contribution in [3.05, 3.63) is 236 Å². The highest BCUT2D eigenvalue weighted by molar-refractivity contribution is 6.07. The lowest BCUT2D eigenvalue weighted by Crippen LogP contribution is -2.23. The predicted molar refractivity (Wildman–Crippen MR) is 309 cm³/mol. The third kappa shape index (κ3) is 6.58. The van der Waals surface area contributed by atoms with Gasteiger partial charge in [0, 0.05) is 79.6 Å². The molecule has 7 atom stereocenters. The molecule has 368 valence electrons. The van der Waals surface area contributed by atoms with Crippen LogP contribution in [0.2, 0.25) is 0 Å². The molecule has 6 nitrogen and oxygen atoms in total. The van der Waals surface area contributed by atoms with Crippen molar-refractivity contribution in [2.75, 3.05) is 0 Å². The Labute approximate surface area is 445 Å². The number of benzene rings is 6. The van der Waals surface area contributed by atoms with Crippen LogP contribution in [0.1, 0.15) is 76.1 Å². The van der Waals surface area contributed by atoms with Crippen molar-refractivity contribution < 1.29 is 0 Å². The van der Waals surface area contributed by atoms with E-state index < -0.39 is 0 Å². The molecule has 76 heavy (non-hydrogen) atoms. The van der Waals surface area contributed by atoms with Crippen molar-refractivity contribution in [1.29, 1.82) is 0 Å². The van der Waals surface area contributed by atoms with Gasteiger partial charge in [-0.3, -0.25) is 29.9 Å². The summed E-state index contributed by atoms with van der Waals surface area (Å²) in [6.45, 7) is 6.72. The van der Waals surface area contributed by atoms with Crippen LogP contribution in [0.5, 0.6) is 0 Å². The average Bonchev–Trinajstić information content (AvgIpc) is 3.17. The zero-order chi connectivity index (χ0) is 50.9. The van der Waals surface area contributed by atoms with E-state index in [9.17, 15) is 0 Å². The van der Waals surface area contributed by atoms with Crippen LogP contribution < -0.4 is 0 Å². The second-order valence-corrected chi connectivity index (χ2v) is 23.2. The lowest BCUT2D eigenvalue weighted by molar-refractivity contribution is 0.205. The van der Waals surface area contributed by atoms with Crippen molar-refractivity contribution >= 4 is 17.1 Å². The fraction of sp³-hybridized carbons (Fsp3) is 0.229. The van der Waals surface area contributed by atoms with Crippen LogP contribution in [-0.2, 0) is 0 Å². The second-order valence-electron chi connectivity index (χ2n) is 23.2. The van der Waals surface area contributed by atoms with Gasteiger partial charge in [0.05, 0.1) is 39.4 Å². The SMILES string of the molecule is CC(=NC12CC13CC1(N=C(C)c4cnc(-c5ccccc5)cc4-c4ccccc4)CC14CC1(N=C(C)c5ncc(-c6ccccc6)cc5-c5ccccc5)CC1(C2)C34)c1cnc(-c2ccccc2)cc1-c1ccccc1. The summed E-state index contributed by atoms with van der Waals surface area (Å²) in [6.07, 6.45) is 12.7. The molecule has 6 aliphatic rings. The molecule has 9 aromatic rings. The normalized spacial score (nSPS) is 28.3. The maximum absolute atomic E-state index is 6.10. The molecule has 0 amide bonds. The molecule has 6 fully saturated rings. The Morgan fingerprint density at radius 1 is 0.342 bits per heavy atom. The zero-order valence-corrected chi connectivity index (χ0v) is 43.3. The number of hydrogen-bond acceptors (Lipinski definition) is 6. The summed E-state index contributed by atoms with van der Waals surface area (Å²) in [5, 5.41) is 0. The number of nitrogens with zero attached hydrogens (tertiary/aromatic N) is 6. The number of rotatable bonds is 12. The van der Waals surface area contributed by atoms with Crippen molar-refractivity contribution in [2.24, 2.45) is 37.1 Å². The first-order valence-electron chi connectivity index (χ1n) is 27.2. The number of aromatic nitrogens is 3. The Morgan fingerprint density at radius 3 is 1.05 bits per heavy atom. The van der Waals surface area contributed by atoms with Crippen molar-refractivity contribution in [1.82, 2.24) is 15.0 Å². The van der Waals surface area contributed by atoms with Crippen LogP contribution in [0, 0.1) is 22.2 Å². The summed E-state index contributed by atoms with van der Waals surface area (Å²) in [7, 11) is 0. The summed E-state index contributed by atoms with van der Waals surface area (Å²) >= 11 is 0. The molecule has 15 rings (SSSR count). The van der Waals surface area contributed by atoms with Gasteiger partial charge in [-0.1, -0.05) is 182 Å². The quantitative estimate of drug-likeness (QED) is 0.114. The molecule has 6 aromatic carbocycles. The molecule has 0 saturated heterocycles. The van der Waals surface area contributed by atoms with Gasteiger partial charge in [-0.15, -0.1) is 0 Å². The predicted octanol–water partition coefficient (Wildman–Crippen LogP) is 15.9. The van der Waals surface area contributed by atoms with Gasteiger partial charge >= 0.3 is 0 Å². The minimum atomic E-state index is -0.208. The summed E-state index contributed by atoms with van der Waals surface area (Å²) in [6, 6.07) is 70.9. The van der Waals surface area contributed by atoms with Gasteiger partial charge in [-0.2, -0.15) is 0 Å². The Bertz CT molecular complexity index is 3470. The molecule has 6 heteroatoms. The van der Waals surface area contributed by atoms with E-state index >= 15 is 0 Å². The van der Waals surface area contributed by atoms with E-state index in [4.69, 9.17) is 29.9 Å². The van der Waals surface area contributed by atoms with Crippen LogP contribution in [0.4, 0.5) is 0 Å². The van der Waals surface area contributed by atoms with Crippen LogP contribution >= 0.6 is 0 Å². The summed E-state index contributed by atoms with van der Waals surface area (Å²) < 4.78 is 0. The van der Waals surface area contributed by atoms with E-state index in [1.54, 1.807) is 0 Å². The minimum absolute atomic E-state index is 0.0423. The van der Waals surface area contributed by atoms with E-state index in [-0.39, 0.29) is 32.9 Å². The van der Waals surface area contributed by atoms with E-state index in [1.165, 1.54) is 22.3 Å². The van der Waals surface area contributed by atoms with Gasteiger partial charge in [0.25, 0.3) is 0 Å². The monoisotopic (exact) mass is 982 g/mol. The average molecular weight is 983 g/mol. The van der Waals surface area contributed by atoms with E-state index in [2.05, 4.69) is 233 Å². The molecule has 0 radical (unpaired) electrons. The Morgan fingerprint density at radius 2 is 0.671 bits per heavy atom. The molecule has 6 aliphatic carbocycles. The van der Waals surface area contributed by atoms with Gasteiger partial charge in [0.15, 0.2) is 0 Å². The molecule has 0 bridgehead atoms. The molecule has 6 saturated carbocycles. The Kier molecular flexibility index (Phi) is 9.75. The highest BCUT2D eigenvalue weighted by atomic mass is 15.2. The molecular weight excluding hydrogens is 925 g/mol. The Balaban J connectivity index is 0.862. The summed E-state index contributed by atoms with van der Waals surface area (Å²) in [5.74, 6) is 0.485. The third-order valence-corrected chi connectivity index (χ3v) is 19.2. The molecule has 3 aromatic heterocycles. The van der Waals surface area contributed by atoms with Crippen LogP contribution in [0.15, 0.2) is 234 Å². The molecule has 0 N–H and O–H groups in total. The zero-order valence-electron chi connectivity index (χ0n) is 43.3. The largest absolute Gasteiger partial charge is 0.282 e. The van der Waals surface area contributed by atoms with Crippen LogP contribution in [0.3, 0.4) is 0 Å². The first-order valence-corrected chi connectivity index (χ1v) is 27.2. The van der Waals surface area contributed by atoms with Gasteiger partial charge < -0.3 is 0 Å². The second kappa shape index (κ2) is 16.4. The number of pyridine rings is 3. The Hall–Kier alpha value is -8.22. The molecule has 0 aliphatic heterocycles. The topological polar surface area (TPSA) is 75.8 Å². The highest BCUT2D eigenvalue weighted by Crippen LogP contribution is 3.03. The number of hydrogen-bond donors (Lipinski definition) is 0. The first-order chi connectivity index (χ1) is 37.2. The minimum Gasteiger partial charge on any atom is -0.282 e. The van der Waals surface area contributed by atoms with E-state index in [0.29, 0.717) is 5.92 Å². The lowest BCUT2D eigenvalue weighted by atomic mass is 9.77. The first kappa shape index (κ1) is 45.2. The maximum Gasteiger partial charge on any atom is 0.0916 e. The fourth-order valence-electron chi connectivity index (χ4n) is 16.2. The molecular formula is C70H58N6. The van der Waals surface area contributed by atoms with Gasteiger partial charge in [-0.05, 0) is 117 Å². The fourth-order valence-corrected chi connectivity index (χ4v) is 16.2. The van der Waals surface area contributed by atoms with Crippen molar-refractivity contribution in [3.63, 3.8) is 0 Å². The standard InChI is InChI=1S/C70H58N6/c1-46(59-38-71-61(53-30-18-8-19-31-53)35-56(59)50-24-12-5-13-25-50)74-68-40-65-41-69(65,75-47(2)60-39-72-62(54-32-20-9-21-33-54)36-57(60)51-26-14-6-15-27-51)43-67-45-70(67,44-66(68,42-68)64(65)67)76-48(3)63-58(52-28-16-7-17-29-52)34-55(37-73-63)49-22-10-4-11-23-49/h4-39,64H,40-45H2,1-3H3. The lowest BCUT2D eigenvalue weighted by Gasteiger charge is -2.25. The van der Waals surface area contributed by atoms with E-state index in [0.717, 1.165) is 117 Å². The van der Waals surface area contributed by atoms with Crippen LogP contribution in [-0.4, -0.2) is 48.7 Å². The van der Waals surface area contributed by atoms with E-state index in [1.807, 2.05) is 6.20 Å². The van der Waals surface area contributed by atoms with Crippen molar-refractivity contribution in [2.45, 2.75) is 75.9 Å². The molecule has 7 unspecified atom stereocenters. The molecule has 3 spiro atoms. The maximum atomic E-state index is 6.10. The van der Waals surface area contributed by atoms with Crippen molar-refractivity contribution in [3.8, 4) is 67.0 Å². The highest BCUT2D eigenvalue weighted by Gasteiger charge is 3.04. The smallest absolute Gasteiger partial charge is 0.0916 e. The summed E-state index contributed by atoms with van der Waals surface area (Å²) in [5.41, 5.74) is 19.2. The number of aliphatic imine (C=N–C) groups is 3. The van der Waals surface area contributed by atoms with Crippen LogP contribution in [0.25, 0.3) is 67.0 Å². The van der Waals surface area contributed by atoms with Gasteiger partial charge in [-0.25, -0.2) is 0 Å².